The lowest BCUT2D eigenvalue weighted by Crippen LogP contribution is -2.36. The van der Waals surface area contributed by atoms with Gasteiger partial charge in [0.2, 0.25) is 5.88 Å². The van der Waals surface area contributed by atoms with E-state index in [1.54, 1.807) is 6.33 Å². The van der Waals surface area contributed by atoms with Gasteiger partial charge in [-0.3, -0.25) is 0 Å². The molecule has 0 spiro atoms. The highest BCUT2D eigenvalue weighted by atomic mass is 16.5. The zero-order chi connectivity index (χ0) is 15.2. The molecule has 0 unspecified atom stereocenters. The van der Waals surface area contributed by atoms with Crippen molar-refractivity contribution in [2.75, 3.05) is 32.0 Å². The van der Waals surface area contributed by atoms with Gasteiger partial charge in [0.05, 0.1) is 5.56 Å². The summed E-state index contributed by atoms with van der Waals surface area (Å²) < 4.78 is 6.20. The van der Waals surface area contributed by atoms with Gasteiger partial charge in [0, 0.05) is 19.6 Å². The minimum absolute atomic E-state index is 0.271. The third-order valence-electron chi connectivity index (χ3n) is 3.91. The molecule has 0 bridgehead atoms. The molecule has 5 heteroatoms. The summed E-state index contributed by atoms with van der Waals surface area (Å²) in [4.78, 5) is 11.1. The van der Waals surface area contributed by atoms with Crippen molar-refractivity contribution in [3.05, 3.63) is 11.9 Å². The Labute approximate surface area is 128 Å². The first-order valence-electron chi connectivity index (χ1n) is 8.05. The third-order valence-corrected chi connectivity index (χ3v) is 3.91. The van der Waals surface area contributed by atoms with Gasteiger partial charge in [-0.25, -0.2) is 9.97 Å². The average molecular weight is 292 g/mol. The Kier molecular flexibility index (Phi) is 5.79. The first-order valence-corrected chi connectivity index (χ1v) is 8.05. The molecule has 1 N–H and O–H groups in total. The van der Waals surface area contributed by atoms with E-state index < -0.39 is 0 Å². The van der Waals surface area contributed by atoms with E-state index in [1.807, 2.05) is 0 Å². The first kappa shape index (κ1) is 16.0. The lowest BCUT2D eigenvalue weighted by molar-refractivity contribution is 0.108. The van der Waals surface area contributed by atoms with Crippen LogP contribution in [0.3, 0.4) is 0 Å². The van der Waals surface area contributed by atoms with Gasteiger partial charge in [-0.15, -0.1) is 0 Å². The van der Waals surface area contributed by atoms with Crippen LogP contribution < -0.4 is 10.1 Å². The summed E-state index contributed by atoms with van der Waals surface area (Å²) in [6.07, 6.45) is 5.08. The Balaban J connectivity index is 2.14. The lowest BCUT2D eigenvalue weighted by Gasteiger charge is -2.30. The maximum absolute atomic E-state index is 6.20. The molecule has 0 saturated carbocycles. The zero-order valence-corrected chi connectivity index (χ0v) is 13.7. The molecule has 0 aliphatic carbocycles. The van der Waals surface area contributed by atoms with Gasteiger partial charge in [-0.1, -0.05) is 20.8 Å². The number of nitrogens with zero attached hydrogens (tertiary/aromatic N) is 3. The standard InChI is InChI=1S/C16H28N4O/c1-5-8-17-15-14(12(2)3)16(19-11-18-15)21-13-6-9-20(4)10-7-13/h11-13H,5-10H2,1-4H3,(H,17,18,19). The number of likely N-dealkylation sites (tertiary alicyclic amines) is 1. The van der Waals surface area contributed by atoms with E-state index in [0.29, 0.717) is 5.92 Å². The number of ether oxygens (including phenoxy) is 1. The fraction of sp³-hybridized carbons (Fsp3) is 0.750. The van der Waals surface area contributed by atoms with Crippen molar-refractivity contribution >= 4 is 5.82 Å². The summed E-state index contributed by atoms with van der Waals surface area (Å²) in [7, 11) is 2.16. The van der Waals surface area contributed by atoms with Gasteiger partial charge in [-0.05, 0) is 32.2 Å². The molecular weight excluding hydrogens is 264 g/mol. The van der Waals surface area contributed by atoms with Crippen LogP contribution in [0.25, 0.3) is 0 Å². The minimum atomic E-state index is 0.271. The third kappa shape index (κ3) is 4.30. The molecule has 0 aromatic carbocycles. The highest BCUT2D eigenvalue weighted by Gasteiger charge is 2.22. The van der Waals surface area contributed by atoms with Crippen LogP contribution in [-0.2, 0) is 0 Å². The van der Waals surface area contributed by atoms with Crippen LogP contribution in [-0.4, -0.2) is 47.7 Å². The van der Waals surface area contributed by atoms with Crippen LogP contribution in [0.4, 0.5) is 5.82 Å². The smallest absolute Gasteiger partial charge is 0.222 e. The fourth-order valence-corrected chi connectivity index (χ4v) is 2.64. The van der Waals surface area contributed by atoms with E-state index in [2.05, 4.69) is 48.0 Å². The van der Waals surface area contributed by atoms with Crippen LogP contribution in [0.2, 0.25) is 0 Å². The molecular formula is C16H28N4O. The molecule has 2 heterocycles. The van der Waals surface area contributed by atoms with Crippen molar-refractivity contribution in [2.24, 2.45) is 0 Å². The number of piperidine rings is 1. The molecule has 0 amide bonds. The maximum atomic E-state index is 6.20. The summed E-state index contributed by atoms with van der Waals surface area (Å²) in [5, 5.41) is 3.39. The maximum Gasteiger partial charge on any atom is 0.222 e. The predicted molar refractivity (Wildman–Crippen MR) is 86.0 cm³/mol. The van der Waals surface area contributed by atoms with Crippen LogP contribution in [0.1, 0.15) is 51.5 Å². The first-order chi connectivity index (χ1) is 10.1. The van der Waals surface area contributed by atoms with Crippen LogP contribution >= 0.6 is 0 Å². The zero-order valence-electron chi connectivity index (χ0n) is 13.7. The number of aromatic nitrogens is 2. The number of nitrogens with one attached hydrogen (secondary N) is 1. The molecule has 0 radical (unpaired) electrons. The molecule has 5 nitrogen and oxygen atoms in total. The molecule has 1 aliphatic rings. The van der Waals surface area contributed by atoms with Gasteiger partial charge in [0.1, 0.15) is 18.2 Å². The number of hydrogen-bond donors (Lipinski definition) is 1. The summed E-state index contributed by atoms with van der Waals surface area (Å²) in [6, 6.07) is 0. The highest BCUT2D eigenvalue weighted by molar-refractivity contribution is 5.50. The molecule has 1 aliphatic heterocycles. The molecule has 1 aromatic rings. The van der Waals surface area contributed by atoms with Crippen molar-refractivity contribution in [3.8, 4) is 5.88 Å². The average Bonchev–Trinajstić information content (AvgIpc) is 2.47. The largest absolute Gasteiger partial charge is 0.474 e. The Morgan fingerprint density at radius 1 is 1.33 bits per heavy atom. The summed E-state index contributed by atoms with van der Waals surface area (Å²) >= 11 is 0. The highest BCUT2D eigenvalue weighted by Crippen LogP contribution is 2.31. The Morgan fingerprint density at radius 3 is 2.67 bits per heavy atom. The second-order valence-electron chi connectivity index (χ2n) is 6.14. The second kappa shape index (κ2) is 7.59. The topological polar surface area (TPSA) is 50.3 Å². The molecule has 1 saturated heterocycles. The lowest BCUT2D eigenvalue weighted by atomic mass is 10.0. The van der Waals surface area contributed by atoms with Crippen molar-refractivity contribution in [1.29, 1.82) is 0 Å². The number of rotatable bonds is 6. The predicted octanol–water partition coefficient (Wildman–Crippen LogP) is 2.89. The molecule has 0 atom stereocenters. The monoisotopic (exact) mass is 292 g/mol. The number of hydrogen-bond acceptors (Lipinski definition) is 5. The van der Waals surface area contributed by atoms with E-state index >= 15 is 0 Å². The van der Waals surface area contributed by atoms with Crippen molar-refractivity contribution in [2.45, 2.75) is 52.1 Å². The molecule has 21 heavy (non-hydrogen) atoms. The quantitative estimate of drug-likeness (QED) is 0.873. The Hall–Kier alpha value is -1.36. The summed E-state index contributed by atoms with van der Waals surface area (Å²) in [5.41, 5.74) is 1.10. The summed E-state index contributed by atoms with van der Waals surface area (Å²) in [6.45, 7) is 9.58. The van der Waals surface area contributed by atoms with Crippen LogP contribution in [0, 0.1) is 0 Å². The van der Waals surface area contributed by atoms with Crippen molar-refractivity contribution in [1.82, 2.24) is 14.9 Å². The molecule has 118 valence electrons. The summed E-state index contributed by atoms with van der Waals surface area (Å²) in [5.74, 6) is 2.02. The van der Waals surface area contributed by atoms with Gasteiger partial charge >= 0.3 is 0 Å². The Bertz CT molecular complexity index is 442. The number of anilines is 1. The normalized spacial score (nSPS) is 17.2. The van der Waals surface area contributed by atoms with E-state index in [-0.39, 0.29) is 6.10 Å². The van der Waals surface area contributed by atoms with Crippen LogP contribution in [0.5, 0.6) is 5.88 Å². The van der Waals surface area contributed by atoms with E-state index in [0.717, 1.165) is 56.2 Å². The van der Waals surface area contributed by atoms with Gasteiger partial charge in [-0.2, -0.15) is 0 Å². The molecule has 2 rings (SSSR count). The minimum Gasteiger partial charge on any atom is -0.474 e. The molecule has 1 aromatic heterocycles. The van der Waals surface area contributed by atoms with Gasteiger partial charge in [0.15, 0.2) is 0 Å². The van der Waals surface area contributed by atoms with E-state index in [1.165, 1.54) is 0 Å². The van der Waals surface area contributed by atoms with Crippen molar-refractivity contribution < 1.29 is 4.74 Å². The van der Waals surface area contributed by atoms with E-state index in [4.69, 9.17) is 4.74 Å². The van der Waals surface area contributed by atoms with Gasteiger partial charge < -0.3 is 15.0 Å². The second-order valence-corrected chi connectivity index (χ2v) is 6.14. The SMILES string of the molecule is CCCNc1ncnc(OC2CCN(C)CC2)c1C(C)C. The van der Waals surface area contributed by atoms with Gasteiger partial charge in [0.25, 0.3) is 0 Å². The fourth-order valence-electron chi connectivity index (χ4n) is 2.64. The van der Waals surface area contributed by atoms with Crippen LogP contribution in [0.15, 0.2) is 6.33 Å². The van der Waals surface area contributed by atoms with Crippen molar-refractivity contribution in [3.63, 3.8) is 0 Å². The Morgan fingerprint density at radius 2 is 2.05 bits per heavy atom. The molecule has 1 fully saturated rings. The van der Waals surface area contributed by atoms with E-state index in [9.17, 15) is 0 Å².